The number of hydrogen-bond acceptors (Lipinski definition) is 5. The molecule has 0 radical (unpaired) electrons. The second-order valence-corrected chi connectivity index (χ2v) is 11.0. The van der Waals surface area contributed by atoms with Gasteiger partial charge in [0.25, 0.3) is 0 Å². The van der Waals surface area contributed by atoms with Gasteiger partial charge in [-0.05, 0) is 49.2 Å². The summed E-state index contributed by atoms with van der Waals surface area (Å²) in [6.07, 6.45) is 1.69. The van der Waals surface area contributed by atoms with Crippen LogP contribution in [-0.4, -0.2) is 57.6 Å². The third-order valence-electron chi connectivity index (χ3n) is 5.14. The predicted octanol–water partition coefficient (Wildman–Crippen LogP) is 4.36. The maximum absolute atomic E-state index is 13.5. The van der Waals surface area contributed by atoms with Gasteiger partial charge in [-0.1, -0.05) is 47.8 Å². The maximum atomic E-state index is 13.5. The summed E-state index contributed by atoms with van der Waals surface area (Å²) < 4.78 is 31.6. The Balaban J connectivity index is 2.46. The van der Waals surface area contributed by atoms with Crippen molar-refractivity contribution in [2.75, 3.05) is 30.8 Å². The number of nitrogens with zero attached hydrogens (tertiary/aromatic N) is 2. The molecular weight excluding hydrogens is 537 g/mol. The van der Waals surface area contributed by atoms with E-state index < -0.39 is 28.5 Å². The van der Waals surface area contributed by atoms with E-state index in [1.54, 1.807) is 31.2 Å². The number of nitrogens with one attached hydrogen (secondary N) is 1. The highest BCUT2D eigenvalue weighted by Gasteiger charge is 2.31. The highest BCUT2D eigenvalue weighted by Crippen LogP contribution is 2.33. The summed E-state index contributed by atoms with van der Waals surface area (Å²) >= 11 is 18.2. The van der Waals surface area contributed by atoms with Crippen LogP contribution in [0.5, 0.6) is 5.75 Å². The number of halogens is 3. The lowest BCUT2D eigenvalue weighted by molar-refractivity contribution is -0.139. The minimum Gasteiger partial charge on any atom is -0.495 e. The first kappa shape index (κ1) is 29.0. The molecule has 0 aliphatic heterocycles. The molecule has 0 heterocycles. The van der Waals surface area contributed by atoms with E-state index in [-0.39, 0.29) is 28.9 Å². The third-order valence-corrected chi connectivity index (χ3v) is 7.24. The Labute approximate surface area is 221 Å². The van der Waals surface area contributed by atoms with Crippen LogP contribution in [0.1, 0.15) is 25.8 Å². The van der Waals surface area contributed by atoms with E-state index >= 15 is 0 Å². The fourth-order valence-corrected chi connectivity index (χ4v) is 4.60. The summed E-state index contributed by atoms with van der Waals surface area (Å²) in [7, 11) is -2.55. The topological polar surface area (TPSA) is 96.0 Å². The Bertz CT molecular complexity index is 1180. The van der Waals surface area contributed by atoms with E-state index in [1.807, 2.05) is 6.92 Å². The smallest absolute Gasteiger partial charge is 0.244 e. The standard InChI is InChI=1S/C23H28Cl3N3O5S/c1-5-10-27-23(31)15(2)28(13-16-6-8-18(25)19(26)11-16)22(30)14-29(35(4,32)33)20-12-17(24)7-9-21(20)34-3/h6-9,11-12,15H,5,10,13-14H2,1-4H3,(H,27,31)/t15-/m1/s1. The third kappa shape index (κ3) is 7.90. The van der Waals surface area contributed by atoms with E-state index in [9.17, 15) is 18.0 Å². The Morgan fingerprint density at radius 3 is 2.34 bits per heavy atom. The van der Waals surface area contributed by atoms with Crippen molar-refractivity contribution in [3.63, 3.8) is 0 Å². The fraction of sp³-hybridized carbons (Fsp3) is 0.391. The van der Waals surface area contributed by atoms with Gasteiger partial charge in [0.05, 0.1) is 29.1 Å². The molecule has 0 aliphatic rings. The molecule has 0 aliphatic carbocycles. The van der Waals surface area contributed by atoms with Crippen LogP contribution in [0.25, 0.3) is 0 Å². The summed E-state index contributed by atoms with van der Waals surface area (Å²) in [6, 6.07) is 8.41. The molecule has 1 atom stereocenters. The van der Waals surface area contributed by atoms with Crippen LogP contribution < -0.4 is 14.4 Å². The van der Waals surface area contributed by atoms with Gasteiger partial charge in [0, 0.05) is 18.1 Å². The molecule has 2 amide bonds. The molecule has 8 nitrogen and oxygen atoms in total. The monoisotopic (exact) mass is 563 g/mol. The first-order valence-corrected chi connectivity index (χ1v) is 13.7. The normalized spacial score (nSPS) is 12.1. The van der Waals surface area contributed by atoms with E-state index in [1.165, 1.54) is 24.1 Å². The maximum Gasteiger partial charge on any atom is 0.244 e. The van der Waals surface area contributed by atoms with Crippen molar-refractivity contribution < 1.29 is 22.7 Å². The van der Waals surface area contributed by atoms with Crippen molar-refractivity contribution in [2.24, 2.45) is 0 Å². The molecule has 2 aromatic carbocycles. The number of ether oxygens (including phenoxy) is 1. The minimum atomic E-state index is -3.93. The highest BCUT2D eigenvalue weighted by molar-refractivity contribution is 7.92. The first-order chi connectivity index (χ1) is 16.4. The zero-order valence-electron chi connectivity index (χ0n) is 19.8. The van der Waals surface area contributed by atoms with Crippen molar-refractivity contribution in [1.29, 1.82) is 0 Å². The summed E-state index contributed by atoms with van der Waals surface area (Å²) in [5.74, 6) is -0.758. The van der Waals surface area contributed by atoms with Crippen LogP contribution >= 0.6 is 34.8 Å². The quantitative estimate of drug-likeness (QED) is 0.437. The Kier molecular flexibility index (Phi) is 10.5. The minimum absolute atomic E-state index is 0.000711. The van der Waals surface area contributed by atoms with E-state index in [2.05, 4.69) is 5.32 Å². The lowest BCUT2D eigenvalue weighted by Gasteiger charge is -2.32. The van der Waals surface area contributed by atoms with Gasteiger partial charge in [-0.15, -0.1) is 0 Å². The van der Waals surface area contributed by atoms with Gasteiger partial charge in [0.2, 0.25) is 21.8 Å². The van der Waals surface area contributed by atoms with Gasteiger partial charge in [-0.2, -0.15) is 0 Å². The van der Waals surface area contributed by atoms with E-state index in [0.29, 0.717) is 22.2 Å². The molecule has 12 heteroatoms. The van der Waals surface area contributed by atoms with Gasteiger partial charge in [-0.3, -0.25) is 13.9 Å². The van der Waals surface area contributed by atoms with Crippen molar-refractivity contribution in [3.8, 4) is 5.75 Å². The first-order valence-electron chi connectivity index (χ1n) is 10.7. The summed E-state index contributed by atoms with van der Waals surface area (Å²) in [6.45, 7) is 3.34. The molecule has 0 unspecified atom stereocenters. The molecule has 35 heavy (non-hydrogen) atoms. The molecule has 1 N–H and O–H groups in total. The molecular formula is C23H28Cl3N3O5S. The Morgan fingerprint density at radius 2 is 1.77 bits per heavy atom. The number of benzene rings is 2. The predicted molar refractivity (Wildman–Crippen MR) is 140 cm³/mol. The number of methoxy groups -OCH3 is 1. The average Bonchev–Trinajstić information content (AvgIpc) is 2.80. The molecule has 0 bridgehead atoms. The molecule has 192 valence electrons. The Morgan fingerprint density at radius 1 is 1.09 bits per heavy atom. The van der Waals surface area contributed by atoms with Crippen molar-refractivity contribution >= 4 is 62.3 Å². The zero-order valence-corrected chi connectivity index (χ0v) is 22.9. The van der Waals surface area contributed by atoms with E-state index in [0.717, 1.165) is 17.0 Å². The molecule has 0 fully saturated rings. The molecule has 0 saturated heterocycles. The highest BCUT2D eigenvalue weighted by atomic mass is 35.5. The lowest BCUT2D eigenvalue weighted by atomic mass is 10.1. The van der Waals surface area contributed by atoms with Gasteiger partial charge in [-0.25, -0.2) is 8.42 Å². The molecule has 2 aromatic rings. The summed E-state index contributed by atoms with van der Waals surface area (Å²) in [5, 5.41) is 3.67. The molecule has 0 spiro atoms. The van der Waals surface area contributed by atoms with Crippen LogP contribution in [0.3, 0.4) is 0 Å². The molecule has 2 rings (SSSR count). The second kappa shape index (κ2) is 12.7. The van der Waals surface area contributed by atoms with Crippen LogP contribution in [0.4, 0.5) is 5.69 Å². The van der Waals surface area contributed by atoms with Crippen LogP contribution in [0.15, 0.2) is 36.4 Å². The zero-order chi connectivity index (χ0) is 26.3. The van der Waals surface area contributed by atoms with Crippen molar-refractivity contribution in [2.45, 2.75) is 32.9 Å². The van der Waals surface area contributed by atoms with Crippen LogP contribution in [-0.2, 0) is 26.2 Å². The largest absolute Gasteiger partial charge is 0.495 e. The van der Waals surface area contributed by atoms with Gasteiger partial charge < -0.3 is 15.0 Å². The van der Waals surface area contributed by atoms with Crippen LogP contribution in [0.2, 0.25) is 15.1 Å². The number of amides is 2. The number of rotatable bonds is 11. The van der Waals surface area contributed by atoms with Gasteiger partial charge in [0.15, 0.2) is 0 Å². The van der Waals surface area contributed by atoms with Crippen molar-refractivity contribution in [1.82, 2.24) is 10.2 Å². The SMILES string of the molecule is CCCNC(=O)[C@@H](C)N(Cc1ccc(Cl)c(Cl)c1)C(=O)CN(c1cc(Cl)ccc1OC)S(C)(=O)=O. The number of sulfonamides is 1. The number of carbonyl (C=O) groups is 2. The molecule has 0 aromatic heterocycles. The number of carbonyl (C=O) groups excluding carboxylic acids is 2. The van der Waals surface area contributed by atoms with Crippen molar-refractivity contribution in [3.05, 3.63) is 57.0 Å². The molecule has 0 saturated carbocycles. The number of anilines is 1. The lowest BCUT2D eigenvalue weighted by Crippen LogP contribution is -2.51. The average molecular weight is 565 g/mol. The van der Waals surface area contributed by atoms with Gasteiger partial charge >= 0.3 is 0 Å². The number of hydrogen-bond donors (Lipinski definition) is 1. The summed E-state index contributed by atoms with van der Waals surface area (Å²) in [4.78, 5) is 27.6. The summed E-state index contributed by atoms with van der Waals surface area (Å²) in [5.41, 5.74) is 0.725. The second-order valence-electron chi connectivity index (χ2n) is 7.82. The fourth-order valence-electron chi connectivity index (χ4n) is 3.27. The van der Waals surface area contributed by atoms with Gasteiger partial charge in [0.1, 0.15) is 18.3 Å². The van der Waals surface area contributed by atoms with E-state index in [4.69, 9.17) is 39.5 Å². The Hall–Kier alpha value is -2.20. The van der Waals surface area contributed by atoms with Crippen LogP contribution in [0, 0.1) is 0 Å².